The maximum absolute atomic E-state index is 12.1. The van der Waals surface area contributed by atoms with Gasteiger partial charge in [-0.1, -0.05) is 52.8 Å². The SMILES string of the molecule is CC(C)COc1cccc(NC(=O)COc2ccc(C(C)(C)C)cc2)c1. The van der Waals surface area contributed by atoms with Gasteiger partial charge in [-0.05, 0) is 41.2 Å². The Morgan fingerprint density at radius 2 is 1.69 bits per heavy atom. The van der Waals surface area contributed by atoms with Crippen molar-refractivity contribution in [3.8, 4) is 11.5 Å². The minimum atomic E-state index is -0.203. The molecule has 2 rings (SSSR count). The number of hydrogen-bond donors (Lipinski definition) is 1. The average molecular weight is 355 g/mol. The van der Waals surface area contributed by atoms with Gasteiger partial charge in [-0.3, -0.25) is 4.79 Å². The van der Waals surface area contributed by atoms with Crippen molar-refractivity contribution in [2.45, 2.75) is 40.0 Å². The number of benzene rings is 2. The van der Waals surface area contributed by atoms with E-state index in [0.29, 0.717) is 24.0 Å². The van der Waals surface area contributed by atoms with Crippen LogP contribution in [-0.2, 0) is 10.2 Å². The number of rotatable bonds is 7. The second-order valence-corrected chi connectivity index (χ2v) is 7.84. The molecule has 0 saturated heterocycles. The van der Waals surface area contributed by atoms with Gasteiger partial charge in [-0.25, -0.2) is 0 Å². The Labute approximate surface area is 156 Å². The fourth-order valence-electron chi connectivity index (χ4n) is 2.32. The summed E-state index contributed by atoms with van der Waals surface area (Å²) in [5.41, 5.74) is 2.02. The monoisotopic (exact) mass is 355 g/mol. The minimum Gasteiger partial charge on any atom is -0.493 e. The summed E-state index contributed by atoms with van der Waals surface area (Å²) in [7, 11) is 0. The molecule has 26 heavy (non-hydrogen) atoms. The molecule has 2 aromatic carbocycles. The third kappa shape index (κ3) is 6.43. The molecule has 140 valence electrons. The van der Waals surface area contributed by atoms with Gasteiger partial charge in [0.25, 0.3) is 5.91 Å². The second-order valence-electron chi connectivity index (χ2n) is 7.84. The first-order chi connectivity index (χ1) is 12.2. The topological polar surface area (TPSA) is 47.6 Å². The smallest absolute Gasteiger partial charge is 0.262 e. The van der Waals surface area contributed by atoms with Gasteiger partial charge in [-0.2, -0.15) is 0 Å². The van der Waals surface area contributed by atoms with E-state index in [2.05, 4.69) is 39.9 Å². The zero-order valence-corrected chi connectivity index (χ0v) is 16.3. The van der Waals surface area contributed by atoms with E-state index >= 15 is 0 Å². The van der Waals surface area contributed by atoms with Crippen LogP contribution in [0.25, 0.3) is 0 Å². The van der Waals surface area contributed by atoms with E-state index in [9.17, 15) is 4.79 Å². The molecular formula is C22H29NO3. The number of carbonyl (C=O) groups excluding carboxylic acids is 1. The van der Waals surface area contributed by atoms with Crippen molar-refractivity contribution in [3.63, 3.8) is 0 Å². The van der Waals surface area contributed by atoms with E-state index in [-0.39, 0.29) is 17.9 Å². The van der Waals surface area contributed by atoms with Gasteiger partial charge in [0.05, 0.1) is 6.61 Å². The number of ether oxygens (including phenoxy) is 2. The fraction of sp³-hybridized carbons (Fsp3) is 0.409. The van der Waals surface area contributed by atoms with Crippen LogP contribution in [0.1, 0.15) is 40.2 Å². The van der Waals surface area contributed by atoms with Crippen LogP contribution in [0.15, 0.2) is 48.5 Å². The highest BCUT2D eigenvalue weighted by molar-refractivity contribution is 5.92. The summed E-state index contributed by atoms with van der Waals surface area (Å²) in [5.74, 6) is 1.68. The standard InChI is InChI=1S/C22H29NO3/c1-16(2)14-25-20-8-6-7-18(13-20)23-21(24)15-26-19-11-9-17(10-12-19)22(3,4)5/h6-13,16H,14-15H2,1-5H3,(H,23,24). The molecule has 0 fully saturated rings. The molecule has 2 aromatic rings. The second kappa shape index (κ2) is 8.75. The maximum Gasteiger partial charge on any atom is 0.262 e. The predicted molar refractivity (Wildman–Crippen MR) is 106 cm³/mol. The molecule has 0 aromatic heterocycles. The Hall–Kier alpha value is -2.49. The summed E-state index contributed by atoms with van der Waals surface area (Å²) in [6.45, 7) is 11.3. The summed E-state index contributed by atoms with van der Waals surface area (Å²) in [5, 5.41) is 2.83. The minimum absolute atomic E-state index is 0.0358. The van der Waals surface area contributed by atoms with Crippen LogP contribution in [0.2, 0.25) is 0 Å². The molecule has 0 saturated carbocycles. The molecule has 4 heteroatoms. The molecule has 0 radical (unpaired) electrons. The molecule has 0 unspecified atom stereocenters. The van der Waals surface area contributed by atoms with E-state index in [4.69, 9.17) is 9.47 Å². The average Bonchev–Trinajstić information content (AvgIpc) is 2.58. The van der Waals surface area contributed by atoms with Gasteiger partial charge in [0.15, 0.2) is 6.61 Å². The van der Waals surface area contributed by atoms with Crippen LogP contribution in [-0.4, -0.2) is 19.1 Å². The highest BCUT2D eigenvalue weighted by atomic mass is 16.5. The van der Waals surface area contributed by atoms with Crippen LogP contribution in [0, 0.1) is 5.92 Å². The van der Waals surface area contributed by atoms with Crippen molar-refractivity contribution in [1.82, 2.24) is 0 Å². The molecule has 1 amide bonds. The maximum atomic E-state index is 12.1. The summed E-state index contributed by atoms with van der Waals surface area (Å²) in [6, 6.07) is 15.2. The van der Waals surface area contributed by atoms with Gasteiger partial charge in [0.1, 0.15) is 11.5 Å². The molecule has 0 atom stereocenters. The summed E-state index contributed by atoms with van der Waals surface area (Å²) in [6.07, 6.45) is 0. The van der Waals surface area contributed by atoms with Crippen LogP contribution >= 0.6 is 0 Å². The van der Waals surface area contributed by atoms with Gasteiger partial charge in [0, 0.05) is 11.8 Å². The quantitative estimate of drug-likeness (QED) is 0.757. The number of nitrogens with one attached hydrogen (secondary N) is 1. The largest absolute Gasteiger partial charge is 0.493 e. The van der Waals surface area contributed by atoms with E-state index < -0.39 is 0 Å². The van der Waals surface area contributed by atoms with Crippen LogP contribution in [0.5, 0.6) is 11.5 Å². The zero-order valence-electron chi connectivity index (χ0n) is 16.3. The van der Waals surface area contributed by atoms with Gasteiger partial charge in [0.2, 0.25) is 0 Å². The molecule has 0 aliphatic rings. The van der Waals surface area contributed by atoms with Crippen LogP contribution in [0.3, 0.4) is 0 Å². The zero-order chi connectivity index (χ0) is 19.2. The predicted octanol–water partition coefficient (Wildman–Crippen LogP) is 5.04. The van der Waals surface area contributed by atoms with Gasteiger partial charge < -0.3 is 14.8 Å². The van der Waals surface area contributed by atoms with Crippen molar-refractivity contribution >= 4 is 11.6 Å². The number of hydrogen-bond acceptors (Lipinski definition) is 3. The van der Waals surface area contributed by atoms with Crippen molar-refractivity contribution in [2.24, 2.45) is 5.92 Å². The van der Waals surface area contributed by atoms with Crippen molar-refractivity contribution in [1.29, 1.82) is 0 Å². The van der Waals surface area contributed by atoms with Crippen LogP contribution < -0.4 is 14.8 Å². The Morgan fingerprint density at radius 3 is 2.31 bits per heavy atom. The normalized spacial score (nSPS) is 11.3. The molecule has 0 aliphatic heterocycles. The molecule has 0 bridgehead atoms. The highest BCUT2D eigenvalue weighted by Gasteiger charge is 2.13. The molecule has 0 aliphatic carbocycles. The number of amides is 1. The lowest BCUT2D eigenvalue weighted by atomic mass is 9.87. The third-order valence-electron chi connectivity index (χ3n) is 3.79. The lowest BCUT2D eigenvalue weighted by Crippen LogP contribution is -2.20. The number of anilines is 1. The van der Waals surface area contributed by atoms with Crippen molar-refractivity contribution in [2.75, 3.05) is 18.5 Å². The third-order valence-corrected chi connectivity index (χ3v) is 3.79. The molecular weight excluding hydrogens is 326 g/mol. The molecule has 0 spiro atoms. The Bertz CT molecular complexity index is 715. The molecule has 1 N–H and O–H groups in total. The fourth-order valence-corrected chi connectivity index (χ4v) is 2.32. The van der Waals surface area contributed by atoms with E-state index in [1.54, 1.807) is 0 Å². The van der Waals surface area contributed by atoms with Gasteiger partial charge >= 0.3 is 0 Å². The lowest BCUT2D eigenvalue weighted by Gasteiger charge is -2.19. The Balaban J connectivity index is 1.86. The van der Waals surface area contributed by atoms with E-state index in [1.165, 1.54) is 5.56 Å². The molecule has 4 nitrogen and oxygen atoms in total. The first-order valence-electron chi connectivity index (χ1n) is 9.00. The molecule has 0 heterocycles. The van der Waals surface area contributed by atoms with Gasteiger partial charge in [-0.15, -0.1) is 0 Å². The van der Waals surface area contributed by atoms with Crippen molar-refractivity contribution in [3.05, 3.63) is 54.1 Å². The lowest BCUT2D eigenvalue weighted by molar-refractivity contribution is -0.118. The Morgan fingerprint density at radius 1 is 1.00 bits per heavy atom. The number of carbonyl (C=O) groups is 1. The van der Waals surface area contributed by atoms with Crippen LogP contribution in [0.4, 0.5) is 5.69 Å². The first kappa shape index (κ1) is 19.8. The van der Waals surface area contributed by atoms with E-state index in [1.807, 2.05) is 48.5 Å². The highest BCUT2D eigenvalue weighted by Crippen LogP contribution is 2.24. The van der Waals surface area contributed by atoms with E-state index in [0.717, 1.165) is 5.75 Å². The van der Waals surface area contributed by atoms with Crippen molar-refractivity contribution < 1.29 is 14.3 Å². The first-order valence-corrected chi connectivity index (χ1v) is 9.00. The summed E-state index contributed by atoms with van der Waals surface area (Å²) >= 11 is 0. The Kier molecular flexibility index (Phi) is 6.67. The summed E-state index contributed by atoms with van der Waals surface area (Å²) in [4.78, 5) is 12.1. The summed E-state index contributed by atoms with van der Waals surface area (Å²) < 4.78 is 11.2.